The summed E-state index contributed by atoms with van der Waals surface area (Å²) in [6.07, 6.45) is 0.625. The van der Waals surface area contributed by atoms with Gasteiger partial charge in [0.05, 0.1) is 6.61 Å². The van der Waals surface area contributed by atoms with E-state index in [9.17, 15) is 4.79 Å². The van der Waals surface area contributed by atoms with Gasteiger partial charge in [0, 0.05) is 6.54 Å². The van der Waals surface area contributed by atoms with Crippen molar-refractivity contribution in [3.63, 3.8) is 0 Å². The van der Waals surface area contributed by atoms with Crippen LogP contribution in [-0.4, -0.2) is 32.3 Å². The largest absolute Gasteiger partial charge is 0.449 e. The second-order valence-corrected chi connectivity index (χ2v) is 3.63. The van der Waals surface area contributed by atoms with Crippen molar-refractivity contribution in [3.8, 4) is 0 Å². The van der Waals surface area contributed by atoms with E-state index in [4.69, 9.17) is 4.74 Å². The van der Waals surface area contributed by atoms with Crippen LogP contribution in [0.4, 0.5) is 4.79 Å². The number of hydrogen-bond acceptors (Lipinski definition) is 3. The third-order valence-electron chi connectivity index (χ3n) is 1.60. The van der Waals surface area contributed by atoms with E-state index >= 15 is 0 Å². The van der Waals surface area contributed by atoms with Crippen LogP contribution in [0.1, 0.15) is 27.2 Å². The second-order valence-electron chi connectivity index (χ2n) is 3.63. The van der Waals surface area contributed by atoms with Gasteiger partial charge < -0.3 is 15.4 Å². The van der Waals surface area contributed by atoms with Gasteiger partial charge in [-0.15, -0.1) is 0 Å². The Morgan fingerprint density at radius 2 is 2.07 bits per heavy atom. The van der Waals surface area contributed by atoms with Gasteiger partial charge in [0.25, 0.3) is 0 Å². The van der Waals surface area contributed by atoms with E-state index in [1.165, 1.54) is 0 Å². The Balaban J connectivity index is 3.18. The van der Waals surface area contributed by atoms with Crippen LogP contribution >= 0.6 is 0 Å². The monoisotopic (exact) mass is 202 g/mol. The number of hydrogen-bond donors (Lipinski definition) is 2. The first kappa shape index (κ1) is 13.2. The smallest absolute Gasteiger partial charge is 0.407 e. The summed E-state index contributed by atoms with van der Waals surface area (Å²) in [7, 11) is 0. The van der Waals surface area contributed by atoms with Crippen molar-refractivity contribution in [2.75, 3.05) is 26.2 Å². The number of nitrogens with one attached hydrogen (secondary N) is 2. The summed E-state index contributed by atoms with van der Waals surface area (Å²) < 4.78 is 4.94. The van der Waals surface area contributed by atoms with Crippen LogP contribution < -0.4 is 10.6 Å². The number of carbonyl (C=O) groups excluding carboxylic acids is 1. The summed E-state index contributed by atoms with van der Waals surface area (Å²) in [6.45, 7) is 9.14. The topological polar surface area (TPSA) is 50.4 Å². The van der Waals surface area contributed by atoms with E-state index in [1.54, 1.807) is 0 Å². The zero-order valence-electron chi connectivity index (χ0n) is 9.43. The highest BCUT2D eigenvalue weighted by atomic mass is 16.5. The summed E-state index contributed by atoms with van der Waals surface area (Å²) >= 11 is 0. The first-order chi connectivity index (χ1) is 6.66. The molecule has 0 spiro atoms. The van der Waals surface area contributed by atoms with Crippen molar-refractivity contribution in [3.05, 3.63) is 0 Å². The zero-order valence-corrected chi connectivity index (χ0v) is 9.43. The van der Waals surface area contributed by atoms with E-state index in [1.807, 2.05) is 13.8 Å². The number of carbonyl (C=O) groups is 1. The lowest BCUT2D eigenvalue weighted by molar-refractivity contribution is 0.133. The number of rotatable bonds is 7. The van der Waals surface area contributed by atoms with Gasteiger partial charge >= 0.3 is 6.09 Å². The molecule has 4 heteroatoms. The molecule has 0 aliphatic heterocycles. The fraction of sp³-hybridized carbons (Fsp3) is 0.900. The quantitative estimate of drug-likeness (QED) is 0.613. The molecule has 0 saturated carbocycles. The van der Waals surface area contributed by atoms with Crippen LogP contribution in [0.15, 0.2) is 0 Å². The second kappa shape index (κ2) is 8.81. The molecule has 0 radical (unpaired) electrons. The zero-order chi connectivity index (χ0) is 10.8. The SMILES string of the molecule is CCNCCCNC(=O)OCC(C)C. The molecule has 0 saturated heterocycles. The molecular weight excluding hydrogens is 180 g/mol. The molecule has 14 heavy (non-hydrogen) atoms. The minimum Gasteiger partial charge on any atom is -0.449 e. The van der Waals surface area contributed by atoms with Gasteiger partial charge in [-0.3, -0.25) is 0 Å². The molecule has 0 atom stereocenters. The Morgan fingerprint density at radius 3 is 2.64 bits per heavy atom. The van der Waals surface area contributed by atoms with Crippen molar-refractivity contribution < 1.29 is 9.53 Å². The number of ether oxygens (including phenoxy) is 1. The highest BCUT2D eigenvalue weighted by Gasteiger charge is 2.01. The summed E-state index contributed by atoms with van der Waals surface area (Å²) in [5.41, 5.74) is 0. The molecule has 0 aliphatic rings. The third kappa shape index (κ3) is 9.32. The molecule has 1 amide bonds. The van der Waals surface area contributed by atoms with E-state index < -0.39 is 0 Å². The number of alkyl carbamates (subject to hydrolysis) is 1. The third-order valence-corrected chi connectivity index (χ3v) is 1.60. The minimum absolute atomic E-state index is 0.310. The maximum Gasteiger partial charge on any atom is 0.407 e. The normalized spacial score (nSPS) is 10.3. The highest BCUT2D eigenvalue weighted by molar-refractivity contribution is 5.66. The molecule has 0 aromatic rings. The number of amides is 1. The van der Waals surface area contributed by atoms with Crippen molar-refractivity contribution >= 4 is 6.09 Å². The van der Waals surface area contributed by atoms with Crippen LogP contribution in [0, 0.1) is 5.92 Å². The Labute approximate surface area is 86.4 Å². The van der Waals surface area contributed by atoms with Crippen molar-refractivity contribution in [2.45, 2.75) is 27.2 Å². The molecule has 0 aromatic heterocycles. The molecule has 0 aliphatic carbocycles. The Bertz CT molecular complexity index is 149. The van der Waals surface area contributed by atoms with Crippen molar-refractivity contribution in [1.29, 1.82) is 0 Å². The standard InChI is InChI=1S/C10H22N2O2/c1-4-11-6-5-7-12-10(13)14-8-9(2)3/h9,11H,4-8H2,1-3H3,(H,12,13). The van der Waals surface area contributed by atoms with Crippen LogP contribution in [0.3, 0.4) is 0 Å². The summed E-state index contributed by atoms with van der Waals surface area (Å²) in [5, 5.41) is 5.88. The van der Waals surface area contributed by atoms with Crippen LogP contribution in [0.5, 0.6) is 0 Å². The summed E-state index contributed by atoms with van der Waals surface area (Å²) in [4.78, 5) is 11.0. The molecule has 0 fully saturated rings. The maximum atomic E-state index is 11.0. The molecule has 0 bridgehead atoms. The predicted molar refractivity (Wildman–Crippen MR) is 57.3 cm³/mol. The molecule has 4 nitrogen and oxygen atoms in total. The molecule has 0 rings (SSSR count). The molecule has 0 heterocycles. The Morgan fingerprint density at radius 1 is 1.36 bits per heavy atom. The van der Waals surface area contributed by atoms with E-state index in [2.05, 4.69) is 17.6 Å². The Hall–Kier alpha value is -0.770. The Kier molecular flexibility index (Phi) is 8.33. The molecule has 2 N–H and O–H groups in total. The van der Waals surface area contributed by atoms with Gasteiger partial charge in [0.2, 0.25) is 0 Å². The van der Waals surface area contributed by atoms with Crippen LogP contribution in [-0.2, 0) is 4.74 Å². The van der Waals surface area contributed by atoms with Crippen molar-refractivity contribution in [1.82, 2.24) is 10.6 Å². The average Bonchev–Trinajstić information content (AvgIpc) is 2.14. The maximum absolute atomic E-state index is 11.0. The fourth-order valence-corrected chi connectivity index (χ4v) is 0.874. The van der Waals surface area contributed by atoms with Gasteiger partial charge in [-0.2, -0.15) is 0 Å². The van der Waals surface area contributed by atoms with Gasteiger partial charge in [0.1, 0.15) is 0 Å². The molecule has 0 aromatic carbocycles. The van der Waals surface area contributed by atoms with Gasteiger partial charge in [-0.05, 0) is 25.4 Å². The lowest BCUT2D eigenvalue weighted by Gasteiger charge is -2.08. The van der Waals surface area contributed by atoms with Crippen molar-refractivity contribution in [2.24, 2.45) is 5.92 Å². The minimum atomic E-state index is -0.310. The van der Waals surface area contributed by atoms with Gasteiger partial charge in [0.15, 0.2) is 0 Å². The molecule has 0 unspecified atom stereocenters. The first-order valence-electron chi connectivity index (χ1n) is 5.28. The van der Waals surface area contributed by atoms with Gasteiger partial charge in [-0.25, -0.2) is 4.79 Å². The van der Waals surface area contributed by atoms with E-state index in [-0.39, 0.29) is 6.09 Å². The average molecular weight is 202 g/mol. The van der Waals surface area contributed by atoms with E-state index in [0.29, 0.717) is 19.1 Å². The van der Waals surface area contributed by atoms with E-state index in [0.717, 1.165) is 19.5 Å². The highest BCUT2D eigenvalue weighted by Crippen LogP contribution is 1.92. The first-order valence-corrected chi connectivity index (χ1v) is 5.28. The fourth-order valence-electron chi connectivity index (χ4n) is 0.874. The predicted octanol–water partition coefficient (Wildman–Crippen LogP) is 1.37. The van der Waals surface area contributed by atoms with Crippen LogP contribution in [0.25, 0.3) is 0 Å². The molecular formula is C10H22N2O2. The summed E-state index contributed by atoms with van der Waals surface area (Å²) in [5.74, 6) is 0.391. The summed E-state index contributed by atoms with van der Waals surface area (Å²) in [6, 6.07) is 0. The molecule has 84 valence electrons. The van der Waals surface area contributed by atoms with Crippen LogP contribution in [0.2, 0.25) is 0 Å². The lowest BCUT2D eigenvalue weighted by Crippen LogP contribution is -2.28. The van der Waals surface area contributed by atoms with Gasteiger partial charge in [-0.1, -0.05) is 20.8 Å². The lowest BCUT2D eigenvalue weighted by atomic mass is 10.2.